The molecule has 1 aromatic rings. The summed E-state index contributed by atoms with van der Waals surface area (Å²) >= 11 is 0. The summed E-state index contributed by atoms with van der Waals surface area (Å²) in [5.74, 6) is 6.08. The highest BCUT2D eigenvalue weighted by Gasteiger charge is 2.38. The molecule has 3 aliphatic carbocycles. The minimum absolute atomic E-state index is 0.603. The maximum Gasteiger partial charge on any atom is 0.120 e. The van der Waals surface area contributed by atoms with Gasteiger partial charge >= 0.3 is 0 Å². The summed E-state index contributed by atoms with van der Waals surface area (Å²) in [5.41, 5.74) is 3.12. The molecule has 2 saturated carbocycles. The molecule has 5 unspecified atom stereocenters. The van der Waals surface area contributed by atoms with Crippen molar-refractivity contribution in [3.63, 3.8) is 0 Å². The number of unbranched alkanes of at least 4 members (excludes halogenated alkanes) is 1. The first-order chi connectivity index (χ1) is 13.8. The highest BCUT2D eigenvalue weighted by atomic mass is 16.5. The van der Waals surface area contributed by atoms with Gasteiger partial charge in [-0.05, 0) is 104 Å². The third-order valence-corrected chi connectivity index (χ3v) is 8.21. The predicted molar refractivity (Wildman–Crippen MR) is 119 cm³/mol. The van der Waals surface area contributed by atoms with Crippen molar-refractivity contribution in [2.45, 2.75) is 84.0 Å². The number of ether oxygens (including phenoxy) is 1. The van der Waals surface area contributed by atoms with E-state index in [1.807, 2.05) is 6.08 Å². The van der Waals surface area contributed by atoms with Gasteiger partial charge in [-0.2, -0.15) is 0 Å². The van der Waals surface area contributed by atoms with E-state index in [4.69, 9.17) is 4.74 Å². The molecule has 0 heterocycles. The van der Waals surface area contributed by atoms with Gasteiger partial charge in [0.25, 0.3) is 0 Å². The van der Waals surface area contributed by atoms with Gasteiger partial charge < -0.3 is 4.74 Å². The molecule has 0 amide bonds. The zero-order valence-corrected chi connectivity index (χ0v) is 18.0. The van der Waals surface area contributed by atoms with Crippen molar-refractivity contribution in [1.29, 1.82) is 0 Å². The van der Waals surface area contributed by atoms with Crippen LogP contribution in [-0.2, 0) is 12.8 Å². The summed E-state index contributed by atoms with van der Waals surface area (Å²) in [6.45, 7) is 6.69. The second-order valence-electron chi connectivity index (χ2n) is 9.95. The lowest BCUT2D eigenvalue weighted by Crippen LogP contribution is -2.35. The topological polar surface area (TPSA) is 9.23 Å². The number of benzene rings is 1. The molecule has 3 aliphatic rings. The van der Waals surface area contributed by atoms with Crippen molar-refractivity contribution in [3.8, 4) is 5.75 Å². The Morgan fingerprint density at radius 1 is 0.964 bits per heavy atom. The fourth-order valence-corrected chi connectivity index (χ4v) is 6.61. The van der Waals surface area contributed by atoms with Crippen molar-refractivity contribution in [3.05, 3.63) is 42.0 Å². The van der Waals surface area contributed by atoms with Gasteiger partial charge in [0.2, 0.25) is 0 Å². The Kier molecular flexibility index (Phi) is 6.81. The zero-order valence-electron chi connectivity index (χ0n) is 18.0. The largest absolute Gasteiger partial charge is 0.490 e. The van der Waals surface area contributed by atoms with Crippen LogP contribution in [0.25, 0.3) is 0 Å². The molecule has 154 valence electrons. The average Bonchev–Trinajstić information content (AvgIpc) is 2.75. The maximum atomic E-state index is 5.74. The standard InChI is InChI=1S/C27H40O/c1-3-5-6-20-7-8-22-17-23(10-9-21(22)16-20)24-11-12-26-19-27(28-15-4-2)14-13-25(26)18-24/h4,13-14,19-24H,2-3,5-12,15-18H2,1H3. The summed E-state index contributed by atoms with van der Waals surface area (Å²) < 4.78 is 5.74. The van der Waals surface area contributed by atoms with E-state index in [1.165, 1.54) is 76.2 Å². The molecule has 0 saturated heterocycles. The molecule has 1 heteroatoms. The van der Waals surface area contributed by atoms with Crippen molar-refractivity contribution < 1.29 is 4.74 Å². The van der Waals surface area contributed by atoms with E-state index in [0.717, 1.165) is 35.3 Å². The quantitative estimate of drug-likeness (QED) is 0.448. The van der Waals surface area contributed by atoms with Crippen LogP contribution in [0.15, 0.2) is 30.9 Å². The van der Waals surface area contributed by atoms with Crippen LogP contribution in [0, 0.1) is 29.6 Å². The fourth-order valence-electron chi connectivity index (χ4n) is 6.61. The molecule has 0 radical (unpaired) electrons. The van der Waals surface area contributed by atoms with Crippen LogP contribution < -0.4 is 4.74 Å². The highest BCUT2D eigenvalue weighted by molar-refractivity contribution is 5.37. The van der Waals surface area contributed by atoms with E-state index in [1.54, 1.807) is 12.0 Å². The first-order valence-electron chi connectivity index (χ1n) is 12.1. The van der Waals surface area contributed by atoms with Gasteiger partial charge in [0.15, 0.2) is 0 Å². The Labute approximate surface area is 173 Å². The van der Waals surface area contributed by atoms with Crippen LogP contribution in [0.5, 0.6) is 5.75 Å². The third-order valence-electron chi connectivity index (χ3n) is 8.21. The van der Waals surface area contributed by atoms with E-state index in [2.05, 4.69) is 31.7 Å². The van der Waals surface area contributed by atoms with Crippen molar-refractivity contribution >= 4 is 0 Å². The van der Waals surface area contributed by atoms with Crippen LogP contribution in [0.1, 0.15) is 82.3 Å². The second kappa shape index (κ2) is 9.51. The molecule has 1 nitrogen and oxygen atoms in total. The van der Waals surface area contributed by atoms with Crippen LogP contribution in [0.2, 0.25) is 0 Å². The number of aryl methyl sites for hydroxylation is 1. The van der Waals surface area contributed by atoms with Gasteiger partial charge in [0.05, 0.1) is 0 Å². The second-order valence-corrected chi connectivity index (χ2v) is 9.95. The Morgan fingerprint density at radius 3 is 2.57 bits per heavy atom. The maximum absolute atomic E-state index is 5.74. The average molecular weight is 381 g/mol. The van der Waals surface area contributed by atoms with Crippen LogP contribution in [-0.4, -0.2) is 6.61 Å². The SMILES string of the molecule is C=CCOc1ccc2c(c1)CCC(C1CCC3CC(CCCC)CCC3C1)C2. The van der Waals surface area contributed by atoms with Crippen molar-refractivity contribution in [1.82, 2.24) is 0 Å². The van der Waals surface area contributed by atoms with Gasteiger partial charge in [0.1, 0.15) is 12.4 Å². The van der Waals surface area contributed by atoms with Crippen LogP contribution >= 0.6 is 0 Å². The fraction of sp³-hybridized carbons (Fsp3) is 0.704. The molecular weight excluding hydrogens is 340 g/mol. The Balaban J connectivity index is 1.31. The van der Waals surface area contributed by atoms with Gasteiger partial charge in [-0.3, -0.25) is 0 Å². The van der Waals surface area contributed by atoms with E-state index in [-0.39, 0.29) is 0 Å². The molecule has 4 rings (SSSR count). The number of hydrogen-bond acceptors (Lipinski definition) is 1. The number of fused-ring (bicyclic) bond motifs is 2. The molecule has 0 spiro atoms. The number of hydrogen-bond donors (Lipinski definition) is 0. The molecule has 2 fully saturated rings. The lowest BCUT2D eigenvalue weighted by Gasteiger charge is -2.45. The summed E-state index contributed by atoms with van der Waals surface area (Å²) in [5, 5.41) is 0. The van der Waals surface area contributed by atoms with E-state index < -0.39 is 0 Å². The third kappa shape index (κ3) is 4.66. The lowest BCUT2D eigenvalue weighted by atomic mass is 9.61. The van der Waals surface area contributed by atoms with Gasteiger partial charge in [0, 0.05) is 0 Å². The van der Waals surface area contributed by atoms with Gasteiger partial charge in [-0.1, -0.05) is 51.3 Å². The summed E-state index contributed by atoms with van der Waals surface area (Å²) in [4.78, 5) is 0. The normalized spacial score (nSPS) is 32.2. The number of rotatable bonds is 7. The van der Waals surface area contributed by atoms with Gasteiger partial charge in [-0.15, -0.1) is 0 Å². The summed E-state index contributed by atoms with van der Waals surface area (Å²) in [6.07, 6.45) is 19.3. The van der Waals surface area contributed by atoms with Gasteiger partial charge in [-0.25, -0.2) is 0 Å². The molecule has 5 atom stereocenters. The summed E-state index contributed by atoms with van der Waals surface area (Å²) in [7, 11) is 0. The lowest BCUT2D eigenvalue weighted by molar-refractivity contribution is 0.0691. The van der Waals surface area contributed by atoms with Crippen molar-refractivity contribution in [2.24, 2.45) is 29.6 Å². The van der Waals surface area contributed by atoms with Crippen LogP contribution in [0.4, 0.5) is 0 Å². The predicted octanol–water partition coefficient (Wildman–Crippen LogP) is 7.38. The molecular formula is C27H40O. The van der Waals surface area contributed by atoms with Crippen molar-refractivity contribution in [2.75, 3.05) is 6.61 Å². The minimum Gasteiger partial charge on any atom is -0.490 e. The highest BCUT2D eigenvalue weighted by Crippen LogP contribution is 2.49. The van der Waals surface area contributed by atoms with E-state index in [0.29, 0.717) is 6.61 Å². The Bertz CT molecular complexity index is 648. The monoisotopic (exact) mass is 380 g/mol. The Hall–Kier alpha value is -1.24. The molecule has 0 aromatic heterocycles. The Morgan fingerprint density at radius 2 is 1.75 bits per heavy atom. The first-order valence-corrected chi connectivity index (χ1v) is 12.1. The zero-order chi connectivity index (χ0) is 19.3. The minimum atomic E-state index is 0.603. The van der Waals surface area contributed by atoms with E-state index in [9.17, 15) is 0 Å². The molecule has 0 aliphatic heterocycles. The molecule has 0 N–H and O–H groups in total. The van der Waals surface area contributed by atoms with Crippen LogP contribution in [0.3, 0.4) is 0 Å². The molecule has 28 heavy (non-hydrogen) atoms. The smallest absolute Gasteiger partial charge is 0.120 e. The molecule has 0 bridgehead atoms. The molecule has 1 aromatic carbocycles. The summed E-state index contributed by atoms with van der Waals surface area (Å²) in [6, 6.07) is 6.78. The first kappa shape index (κ1) is 20.0. The van der Waals surface area contributed by atoms with E-state index >= 15 is 0 Å².